The molecule has 3 rings (SSSR count). The van der Waals surface area contributed by atoms with Gasteiger partial charge in [0, 0.05) is 44.5 Å². The van der Waals surface area contributed by atoms with Crippen LogP contribution in [0.2, 0.25) is 0 Å². The Labute approximate surface area is 130 Å². The van der Waals surface area contributed by atoms with Gasteiger partial charge < -0.3 is 19.9 Å². The molecular weight excluding hydrogens is 282 g/mol. The molecule has 2 fully saturated rings. The van der Waals surface area contributed by atoms with E-state index in [0.717, 1.165) is 51.9 Å². The molecule has 22 heavy (non-hydrogen) atoms. The summed E-state index contributed by atoms with van der Waals surface area (Å²) in [6.45, 7) is 3.40. The minimum absolute atomic E-state index is 0.202. The summed E-state index contributed by atoms with van der Waals surface area (Å²) in [5.41, 5.74) is 0. The number of nitrogens with one attached hydrogen (secondary N) is 1. The van der Waals surface area contributed by atoms with Crippen molar-refractivity contribution in [3.8, 4) is 5.88 Å². The van der Waals surface area contributed by atoms with E-state index in [1.54, 1.807) is 19.4 Å². The van der Waals surface area contributed by atoms with Crippen LogP contribution in [-0.2, 0) is 0 Å². The summed E-state index contributed by atoms with van der Waals surface area (Å²) in [6, 6.07) is 2.23. The lowest BCUT2D eigenvalue weighted by Crippen LogP contribution is -2.47. The summed E-state index contributed by atoms with van der Waals surface area (Å²) in [7, 11) is 1.59. The van der Waals surface area contributed by atoms with E-state index in [-0.39, 0.29) is 6.03 Å². The number of carbonyl (C=O) groups is 1. The highest BCUT2D eigenvalue weighted by Gasteiger charge is 2.27. The molecule has 1 N–H and O–H groups in total. The van der Waals surface area contributed by atoms with Gasteiger partial charge in [-0.25, -0.2) is 9.78 Å². The molecule has 0 radical (unpaired) electrons. The van der Waals surface area contributed by atoms with Gasteiger partial charge in [0.2, 0.25) is 11.8 Å². The molecule has 120 valence electrons. The standard InChI is InChI=1S/C15H23N5O2/c1-22-13-4-7-16-14(18-13)17-12-5-10-20(11-6-12)15(21)19-8-2-3-9-19/h4,7,12H,2-3,5-6,8-11H2,1H3,(H,16,17,18). The summed E-state index contributed by atoms with van der Waals surface area (Å²) in [6.07, 6.45) is 5.79. The molecule has 0 spiro atoms. The van der Waals surface area contributed by atoms with Crippen molar-refractivity contribution in [2.75, 3.05) is 38.6 Å². The van der Waals surface area contributed by atoms with Gasteiger partial charge >= 0.3 is 6.03 Å². The number of hydrogen-bond acceptors (Lipinski definition) is 5. The largest absolute Gasteiger partial charge is 0.481 e. The quantitative estimate of drug-likeness (QED) is 0.918. The zero-order valence-corrected chi connectivity index (χ0v) is 13.0. The fraction of sp³-hybridized carbons (Fsp3) is 0.667. The lowest BCUT2D eigenvalue weighted by molar-refractivity contribution is 0.150. The van der Waals surface area contributed by atoms with Gasteiger partial charge in [-0.15, -0.1) is 0 Å². The zero-order chi connectivity index (χ0) is 15.4. The van der Waals surface area contributed by atoms with Gasteiger partial charge in [-0.05, 0) is 25.7 Å². The number of nitrogens with zero attached hydrogens (tertiary/aromatic N) is 4. The summed E-state index contributed by atoms with van der Waals surface area (Å²) in [4.78, 5) is 24.8. The first-order valence-electron chi connectivity index (χ1n) is 7.93. The molecule has 2 aliphatic heterocycles. The molecule has 3 heterocycles. The normalized spacial score (nSPS) is 19.3. The van der Waals surface area contributed by atoms with E-state index in [4.69, 9.17) is 4.74 Å². The Morgan fingerprint density at radius 2 is 1.91 bits per heavy atom. The van der Waals surface area contributed by atoms with Crippen LogP contribution in [-0.4, -0.2) is 65.1 Å². The number of carbonyl (C=O) groups excluding carboxylic acids is 1. The third-order valence-corrected chi connectivity index (χ3v) is 4.31. The van der Waals surface area contributed by atoms with Gasteiger partial charge in [-0.1, -0.05) is 0 Å². The maximum absolute atomic E-state index is 12.3. The minimum Gasteiger partial charge on any atom is -0.481 e. The Bertz CT molecular complexity index is 510. The van der Waals surface area contributed by atoms with E-state index in [9.17, 15) is 4.79 Å². The van der Waals surface area contributed by atoms with Crippen LogP contribution >= 0.6 is 0 Å². The molecule has 0 aromatic carbocycles. The molecule has 0 bridgehead atoms. The van der Waals surface area contributed by atoms with Crippen LogP contribution in [0.5, 0.6) is 5.88 Å². The zero-order valence-electron chi connectivity index (χ0n) is 13.0. The van der Waals surface area contributed by atoms with Gasteiger partial charge in [-0.3, -0.25) is 0 Å². The number of rotatable bonds is 3. The molecule has 2 aliphatic rings. The second kappa shape index (κ2) is 6.81. The Morgan fingerprint density at radius 1 is 1.23 bits per heavy atom. The predicted octanol–water partition coefficient (Wildman–Crippen LogP) is 1.58. The predicted molar refractivity (Wildman–Crippen MR) is 83.0 cm³/mol. The van der Waals surface area contributed by atoms with Crippen molar-refractivity contribution in [1.82, 2.24) is 19.8 Å². The molecule has 1 aromatic rings. The average Bonchev–Trinajstić information content (AvgIpc) is 3.09. The second-order valence-electron chi connectivity index (χ2n) is 5.80. The van der Waals surface area contributed by atoms with Crippen LogP contribution in [0.15, 0.2) is 12.3 Å². The number of methoxy groups -OCH3 is 1. The summed E-state index contributed by atoms with van der Waals surface area (Å²) in [5, 5.41) is 3.33. The van der Waals surface area contributed by atoms with Crippen molar-refractivity contribution in [2.24, 2.45) is 0 Å². The van der Waals surface area contributed by atoms with E-state index in [2.05, 4.69) is 15.3 Å². The lowest BCUT2D eigenvalue weighted by atomic mass is 10.1. The average molecular weight is 305 g/mol. The van der Waals surface area contributed by atoms with Crippen LogP contribution in [0.4, 0.5) is 10.7 Å². The van der Waals surface area contributed by atoms with Crippen molar-refractivity contribution in [1.29, 1.82) is 0 Å². The Kier molecular flexibility index (Phi) is 4.60. The van der Waals surface area contributed by atoms with Crippen LogP contribution in [0, 0.1) is 0 Å². The van der Waals surface area contributed by atoms with Crippen molar-refractivity contribution in [3.05, 3.63) is 12.3 Å². The highest BCUT2D eigenvalue weighted by molar-refractivity contribution is 5.74. The molecule has 0 saturated carbocycles. The van der Waals surface area contributed by atoms with E-state index < -0.39 is 0 Å². The fourth-order valence-corrected chi connectivity index (χ4v) is 3.03. The first kappa shape index (κ1) is 14.9. The van der Waals surface area contributed by atoms with Crippen molar-refractivity contribution < 1.29 is 9.53 Å². The monoisotopic (exact) mass is 305 g/mol. The highest BCUT2D eigenvalue weighted by Crippen LogP contribution is 2.18. The minimum atomic E-state index is 0.202. The molecule has 7 nitrogen and oxygen atoms in total. The topological polar surface area (TPSA) is 70.6 Å². The van der Waals surface area contributed by atoms with Crippen molar-refractivity contribution in [3.63, 3.8) is 0 Å². The molecule has 1 aromatic heterocycles. The van der Waals surface area contributed by atoms with E-state index in [1.165, 1.54) is 0 Å². The Balaban J connectivity index is 1.49. The maximum atomic E-state index is 12.3. The molecule has 7 heteroatoms. The number of piperidine rings is 1. The van der Waals surface area contributed by atoms with E-state index in [0.29, 0.717) is 17.9 Å². The third kappa shape index (κ3) is 3.40. The van der Waals surface area contributed by atoms with Crippen LogP contribution in [0.3, 0.4) is 0 Å². The maximum Gasteiger partial charge on any atom is 0.319 e. The summed E-state index contributed by atoms with van der Waals surface area (Å²) in [5.74, 6) is 1.14. The molecule has 2 saturated heterocycles. The van der Waals surface area contributed by atoms with E-state index >= 15 is 0 Å². The number of urea groups is 1. The van der Waals surface area contributed by atoms with Crippen molar-refractivity contribution >= 4 is 12.0 Å². The number of aromatic nitrogens is 2. The number of hydrogen-bond donors (Lipinski definition) is 1. The molecule has 2 amide bonds. The number of likely N-dealkylation sites (tertiary alicyclic amines) is 2. The summed E-state index contributed by atoms with van der Waals surface area (Å²) < 4.78 is 5.10. The first-order chi connectivity index (χ1) is 10.8. The third-order valence-electron chi connectivity index (χ3n) is 4.31. The second-order valence-corrected chi connectivity index (χ2v) is 5.80. The van der Waals surface area contributed by atoms with Gasteiger partial charge in [0.25, 0.3) is 0 Å². The van der Waals surface area contributed by atoms with Crippen LogP contribution < -0.4 is 10.1 Å². The number of anilines is 1. The van der Waals surface area contributed by atoms with Gasteiger partial charge in [-0.2, -0.15) is 4.98 Å². The smallest absolute Gasteiger partial charge is 0.319 e. The molecular formula is C15H23N5O2. The van der Waals surface area contributed by atoms with Crippen LogP contribution in [0.1, 0.15) is 25.7 Å². The first-order valence-corrected chi connectivity index (χ1v) is 7.93. The van der Waals surface area contributed by atoms with Crippen molar-refractivity contribution in [2.45, 2.75) is 31.7 Å². The SMILES string of the molecule is COc1ccnc(NC2CCN(C(=O)N3CCCC3)CC2)n1. The lowest BCUT2D eigenvalue weighted by Gasteiger charge is -2.34. The number of amides is 2. The van der Waals surface area contributed by atoms with Gasteiger partial charge in [0.1, 0.15) is 0 Å². The molecule has 0 aliphatic carbocycles. The summed E-state index contributed by atoms with van der Waals surface area (Å²) >= 11 is 0. The molecule has 0 unspecified atom stereocenters. The number of ether oxygens (including phenoxy) is 1. The van der Waals surface area contributed by atoms with E-state index in [1.807, 2.05) is 9.80 Å². The molecule has 0 atom stereocenters. The van der Waals surface area contributed by atoms with Gasteiger partial charge in [0.05, 0.1) is 7.11 Å². The van der Waals surface area contributed by atoms with Gasteiger partial charge in [0.15, 0.2) is 0 Å². The van der Waals surface area contributed by atoms with Crippen LogP contribution in [0.25, 0.3) is 0 Å². The Morgan fingerprint density at radius 3 is 2.59 bits per heavy atom. The highest BCUT2D eigenvalue weighted by atomic mass is 16.5. The Hall–Kier alpha value is -2.05. The fourth-order valence-electron chi connectivity index (χ4n) is 3.03.